The Bertz CT molecular complexity index is 269. The number of hydrogen-bond donors (Lipinski definition) is 1. The predicted molar refractivity (Wildman–Crippen MR) is 46.3 cm³/mol. The number of aromatic nitrogens is 1. The van der Waals surface area contributed by atoms with Crippen molar-refractivity contribution in [3.05, 3.63) is 18.4 Å². The highest BCUT2D eigenvalue weighted by atomic mass is 16.3. The normalized spacial score (nSPS) is 11.1. The van der Waals surface area contributed by atoms with Gasteiger partial charge in [-0.15, -0.1) is 6.42 Å². The minimum Gasteiger partial charge on any atom is -0.447 e. The molecule has 0 saturated carbocycles. The summed E-state index contributed by atoms with van der Waals surface area (Å²) in [6.07, 6.45) is 8.36. The quantitative estimate of drug-likeness (QED) is 0.681. The summed E-state index contributed by atoms with van der Waals surface area (Å²) in [5.41, 5.74) is -0.299. The van der Waals surface area contributed by atoms with Crippen LogP contribution in [0.5, 0.6) is 0 Å². The summed E-state index contributed by atoms with van der Waals surface area (Å²) in [6, 6.07) is 0. The molecule has 1 N–H and O–H groups in total. The van der Waals surface area contributed by atoms with E-state index >= 15 is 0 Å². The molecule has 0 unspecified atom stereocenters. The zero-order chi connectivity index (χ0) is 9.03. The van der Waals surface area contributed by atoms with Gasteiger partial charge in [-0.1, -0.05) is 5.92 Å². The monoisotopic (exact) mass is 164 g/mol. The second kappa shape index (κ2) is 3.42. The summed E-state index contributed by atoms with van der Waals surface area (Å²) in [7, 11) is 0. The lowest BCUT2D eigenvalue weighted by atomic mass is 10.1. The van der Waals surface area contributed by atoms with E-state index in [0.717, 1.165) is 5.76 Å². The largest absolute Gasteiger partial charge is 0.447 e. The van der Waals surface area contributed by atoms with E-state index in [1.54, 1.807) is 6.20 Å². The molecule has 0 bridgehead atoms. The van der Waals surface area contributed by atoms with Gasteiger partial charge in [0.15, 0.2) is 6.39 Å². The van der Waals surface area contributed by atoms with E-state index in [9.17, 15) is 0 Å². The highest BCUT2D eigenvalue weighted by molar-refractivity contribution is 5.08. The average Bonchev–Trinajstić information content (AvgIpc) is 2.53. The first-order chi connectivity index (χ1) is 5.64. The molecule has 0 atom stereocenters. The number of nitrogens with one attached hydrogen (secondary N) is 1. The van der Waals surface area contributed by atoms with Gasteiger partial charge in [0, 0.05) is 0 Å². The van der Waals surface area contributed by atoms with Gasteiger partial charge < -0.3 is 4.42 Å². The third-order valence-electron chi connectivity index (χ3n) is 1.55. The van der Waals surface area contributed by atoms with Crippen molar-refractivity contribution in [2.45, 2.75) is 25.9 Å². The Kier molecular flexibility index (Phi) is 2.51. The summed E-state index contributed by atoms with van der Waals surface area (Å²) in [5, 5.41) is 3.14. The molecule has 3 heteroatoms. The molecule has 1 aromatic heterocycles. The number of rotatable bonds is 3. The summed E-state index contributed by atoms with van der Waals surface area (Å²) in [4.78, 5) is 3.79. The molecule has 0 saturated heterocycles. The summed E-state index contributed by atoms with van der Waals surface area (Å²) >= 11 is 0. The molecule has 0 aliphatic heterocycles. The van der Waals surface area contributed by atoms with Gasteiger partial charge in [0.2, 0.25) is 0 Å². The van der Waals surface area contributed by atoms with Crippen molar-refractivity contribution in [1.82, 2.24) is 10.3 Å². The van der Waals surface area contributed by atoms with Crippen molar-refractivity contribution in [1.29, 1.82) is 0 Å². The van der Waals surface area contributed by atoms with Crippen LogP contribution in [0.3, 0.4) is 0 Å². The van der Waals surface area contributed by atoms with Crippen molar-refractivity contribution in [2.24, 2.45) is 0 Å². The molecule has 1 aromatic rings. The molecule has 64 valence electrons. The molecule has 1 heterocycles. The second-order valence-electron chi connectivity index (χ2n) is 3.09. The second-order valence-corrected chi connectivity index (χ2v) is 3.09. The highest BCUT2D eigenvalue weighted by Crippen LogP contribution is 2.02. The standard InChI is InChI=1S/C9H12N2O/c1-4-9(2,3)11-6-8-5-10-7-12-8/h1,5,7,11H,6H2,2-3H3. The Balaban J connectivity index is 2.42. The van der Waals surface area contributed by atoms with E-state index in [1.807, 2.05) is 13.8 Å². The third kappa shape index (κ3) is 2.40. The topological polar surface area (TPSA) is 38.1 Å². The van der Waals surface area contributed by atoms with Gasteiger partial charge in [0.05, 0.1) is 18.3 Å². The lowest BCUT2D eigenvalue weighted by Crippen LogP contribution is -2.36. The minimum absolute atomic E-state index is 0.299. The number of nitrogens with zero attached hydrogens (tertiary/aromatic N) is 1. The van der Waals surface area contributed by atoms with E-state index in [0.29, 0.717) is 6.54 Å². The van der Waals surface area contributed by atoms with Crippen LogP contribution in [0.4, 0.5) is 0 Å². The van der Waals surface area contributed by atoms with E-state index in [2.05, 4.69) is 16.2 Å². The van der Waals surface area contributed by atoms with Gasteiger partial charge in [-0.05, 0) is 13.8 Å². The van der Waals surface area contributed by atoms with Gasteiger partial charge >= 0.3 is 0 Å². The first-order valence-corrected chi connectivity index (χ1v) is 3.74. The van der Waals surface area contributed by atoms with E-state index in [4.69, 9.17) is 10.8 Å². The maximum atomic E-state index is 5.29. The highest BCUT2D eigenvalue weighted by Gasteiger charge is 2.12. The Morgan fingerprint density at radius 3 is 3.00 bits per heavy atom. The van der Waals surface area contributed by atoms with Crippen molar-refractivity contribution < 1.29 is 4.42 Å². The molecular weight excluding hydrogens is 152 g/mol. The molecule has 0 aliphatic carbocycles. The lowest BCUT2D eigenvalue weighted by molar-refractivity contribution is 0.427. The van der Waals surface area contributed by atoms with E-state index < -0.39 is 0 Å². The SMILES string of the molecule is C#CC(C)(C)NCc1cnco1. The van der Waals surface area contributed by atoms with Crippen LogP contribution in [0.2, 0.25) is 0 Å². The Morgan fingerprint density at radius 2 is 2.50 bits per heavy atom. The fraction of sp³-hybridized carbons (Fsp3) is 0.444. The van der Waals surface area contributed by atoms with Gasteiger partial charge in [-0.3, -0.25) is 5.32 Å². The number of terminal acetylenes is 1. The van der Waals surface area contributed by atoms with E-state index in [-0.39, 0.29) is 5.54 Å². The zero-order valence-electron chi connectivity index (χ0n) is 7.29. The smallest absolute Gasteiger partial charge is 0.180 e. The van der Waals surface area contributed by atoms with Crippen LogP contribution in [0.1, 0.15) is 19.6 Å². The molecule has 3 nitrogen and oxygen atoms in total. The third-order valence-corrected chi connectivity index (χ3v) is 1.55. The molecule has 0 spiro atoms. The van der Waals surface area contributed by atoms with Crippen LogP contribution >= 0.6 is 0 Å². The maximum absolute atomic E-state index is 5.29. The molecule has 0 amide bonds. The first kappa shape index (κ1) is 8.82. The van der Waals surface area contributed by atoms with Gasteiger partial charge in [-0.25, -0.2) is 4.98 Å². The van der Waals surface area contributed by atoms with Crippen LogP contribution in [0.15, 0.2) is 17.0 Å². The van der Waals surface area contributed by atoms with Crippen molar-refractivity contribution in [3.63, 3.8) is 0 Å². The van der Waals surface area contributed by atoms with Gasteiger partial charge in [0.1, 0.15) is 5.76 Å². The van der Waals surface area contributed by atoms with Crippen LogP contribution < -0.4 is 5.32 Å². The van der Waals surface area contributed by atoms with Gasteiger partial charge in [-0.2, -0.15) is 0 Å². The van der Waals surface area contributed by atoms with Crippen molar-refractivity contribution in [3.8, 4) is 12.3 Å². The molecule has 12 heavy (non-hydrogen) atoms. The first-order valence-electron chi connectivity index (χ1n) is 3.74. The van der Waals surface area contributed by atoms with Crippen molar-refractivity contribution in [2.75, 3.05) is 0 Å². The summed E-state index contributed by atoms with van der Waals surface area (Å²) < 4.78 is 5.03. The fourth-order valence-electron chi connectivity index (χ4n) is 0.689. The molecule has 1 rings (SSSR count). The zero-order valence-corrected chi connectivity index (χ0v) is 7.29. The summed E-state index contributed by atoms with van der Waals surface area (Å²) in [5.74, 6) is 3.42. The number of oxazole rings is 1. The number of hydrogen-bond acceptors (Lipinski definition) is 3. The predicted octanol–water partition coefficient (Wildman–Crippen LogP) is 1.18. The van der Waals surface area contributed by atoms with Crippen LogP contribution in [-0.2, 0) is 6.54 Å². The Hall–Kier alpha value is -1.27. The van der Waals surface area contributed by atoms with Crippen LogP contribution in [0.25, 0.3) is 0 Å². The van der Waals surface area contributed by atoms with Crippen molar-refractivity contribution >= 4 is 0 Å². The molecule has 0 aromatic carbocycles. The Labute approximate surface area is 72.2 Å². The minimum atomic E-state index is -0.299. The summed E-state index contributed by atoms with van der Waals surface area (Å²) in [6.45, 7) is 4.48. The molecular formula is C9H12N2O. The van der Waals surface area contributed by atoms with Crippen LogP contribution in [-0.4, -0.2) is 10.5 Å². The van der Waals surface area contributed by atoms with E-state index in [1.165, 1.54) is 6.39 Å². The molecule has 0 fully saturated rings. The Morgan fingerprint density at radius 1 is 1.75 bits per heavy atom. The lowest BCUT2D eigenvalue weighted by Gasteiger charge is -2.18. The molecule has 0 aliphatic rings. The van der Waals surface area contributed by atoms with Crippen LogP contribution in [0, 0.1) is 12.3 Å². The average molecular weight is 164 g/mol. The molecule has 0 radical (unpaired) electrons. The fourth-order valence-corrected chi connectivity index (χ4v) is 0.689. The van der Waals surface area contributed by atoms with Gasteiger partial charge in [0.25, 0.3) is 0 Å². The maximum Gasteiger partial charge on any atom is 0.180 e.